The number of ether oxygens (including phenoxy) is 2. The van der Waals surface area contributed by atoms with Crippen LogP contribution < -0.4 is 5.73 Å². The van der Waals surface area contributed by atoms with Gasteiger partial charge in [-0.15, -0.1) is 0 Å². The molecule has 2 N–H and O–H groups in total. The molecule has 2 aliphatic rings. The fraction of sp³-hybridized carbons (Fsp3) is 0.778. The van der Waals surface area contributed by atoms with Crippen molar-refractivity contribution in [3.05, 3.63) is 12.2 Å². The highest BCUT2D eigenvalue weighted by atomic mass is 16.5. The van der Waals surface area contributed by atoms with E-state index in [0.29, 0.717) is 31.3 Å². The summed E-state index contributed by atoms with van der Waals surface area (Å²) in [6, 6.07) is 0. The highest BCUT2D eigenvalue weighted by Crippen LogP contribution is 2.33. The number of fused-ring (bicyclic) bond motifs is 2. The van der Waals surface area contributed by atoms with Crippen molar-refractivity contribution in [1.29, 1.82) is 0 Å². The first kappa shape index (κ1) is 8.23. The first-order valence-corrected chi connectivity index (χ1v) is 4.52. The zero-order chi connectivity index (χ0) is 8.39. The van der Waals surface area contributed by atoms with Gasteiger partial charge in [0, 0.05) is 12.5 Å². The smallest absolute Gasteiger partial charge is 0.0816 e. The Labute approximate surface area is 72.5 Å². The minimum absolute atomic E-state index is 0.313. The van der Waals surface area contributed by atoms with Crippen LogP contribution in [0, 0.1) is 5.92 Å². The van der Waals surface area contributed by atoms with Crippen LogP contribution in [0.1, 0.15) is 6.42 Å². The summed E-state index contributed by atoms with van der Waals surface area (Å²) < 4.78 is 11.0. The highest BCUT2D eigenvalue weighted by Gasteiger charge is 2.36. The van der Waals surface area contributed by atoms with Gasteiger partial charge >= 0.3 is 0 Å². The fourth-order valence-corrected chi connectivity index (χ4v) is 1.84. The molecule has 3 nitrogen and oxygen atoms in total. The van der Waals surface area contributed by atoms with Gasteiger partial charge in [0.15, 0.2) is 0 Å². The monoisotopic (exact) mass is 169 g/mol. The molecule has 2 rings (SSSR count). The molecule has 0 aromatic carbocycles. The minimum atomic E-state index is 0.313. The summed E-state index contributed by atoms with van der Waals surface area (Å²) in [6.07, 6.45) is 6.08. The standard InChI is InChI=1S/C9H15NO2/c10-3-4-11-6-7-5-8-1-2-9(7)12-8/h1-2,7-9H,3-6,10H2. The van der Waals surface area contributed by atoms with Crippen molar-refractivity contribution in [2.24, 2.45) is 11.7 Å². The Morgan fingerprint density at radius 1 is 1.50 bits per heavy atom. The molecule has 0 aliphatic carbocycles. The summed E-state index contributed by atoms with van der Waals surface area (Å²) in [5.74, 6) is 0.562. The summed E-state index contributed by atoms with van der Waals surface area (Å²) in [7, 11) is 0. The van der Waals surface area contributed by atoms with E-state index in [0.717, 1.165) is 13.0 Å². The molecule has 12 heavy (non-hydrogen) atoms. The van der Waals surface area contributed by atoms with Crippen molar-refractivity contribution >= 4 is 0 Å². The van der Waals surface area contributed by atoms with E-state index in [9.17, 15) is 0 Å². The van der Waals surface area contributed by atoms with Gasteiger partial charge < -0.3 is 15.2 Å². The second-order valence-electron chi connectivity index (χ2n) is 3.38. The van der Waals surface area contributed by atoms with Crippen LogP contribution in [0.15, 0.2) is 12.2 Å². The molecule has 1 saturated heterocycles. The van der Waals surface area contributed by atoms with Crippen LogP contribution in [0.25, 0.3) is 0 Å². The van der Waals surface area contributed by atoms with Crippen LogP contribution >= 0.6 is 0 Å². The first-order chi connectivity index (χ1) is 5.90. The maximum atomic E-state index is 5.59. The normalized spacial score (nSPS) is 37.9. The number of rotatable bonds is 4. The molecule has 1 fully saturated rings. The predicted molar refractivity (Wildman–Crippen MR) is 45.8 cm³/mol. The van der Waals surface area contributed by atoms with E-state index in [1.807, 2.05) is 0 Å². The molecule has 68 valence electrons. The molecule has 0 saturated carbocycles. The highest BCUT2D eigenvalue weighted by molar-refractivity contribution is 5.10. The van der Waals surface area contributed by atoms with Gasteiger partial charge in [-0.2, -0.15) is 0 Å². The van der Waals surface area contributed by atoms with Crippen molar-refractivity contribution in [2.45, 2.75) is 18.6 Å². The molecular weight excluding hydrogens is 154 g/mol. The maximum absolute atomic E-state index is 5.59. The van der Waals surface area contributed by atoms with Crippen LogP contribution in [-0.4, -0.2) is 32.0 Å². The summed E-state index contributed by atoms with van der Waals surface area (Å²) in [6.45, 7) is 2.07. The van der Waals surface area contributed by atoms with E-state index >= 15 is 0 Å². The molecule has 0 aromatic heterocycles. The third-order valence-electron chi connectivity index (χ3n) is 2.44. The lowest BCUT2D eigenvalue weighted by Crippen LogP contribution is -2.21. The quantitative estimate of drug-likeness (QED) is 0.486. The van der Waals surface area contributed by atoms with Crippen LogP contribution in [-0.2, 0) is 9.47 Å². The molecule has 0 amide bonds. The van der Waals surface area contributed by atoms with Crippen LogP contribution in [0.5, 0.6) is 0 Å². The Bertz CT molecular complexity index is 181. The maximum Gasteiger partial charge on any atom is 0.0816 e. The fourth-order valence-electron chi connectivity index (χ4n) is 1.84. The molecule has 3 atom stereocenters. The predicted octanol–water partition coefficient (Wildman–Crippen LogP) is 0.305. The lowest BCUT2D eigenvalue weighted by atomic mass is 9.95. The van der Waals surface area contributed by atoms with E-state index in [1.54, 1.807) is 0 Å². The third-order valence-corrected chi connectivity index (χ3v) is 2.44. The zero-order valence-corrected chi connectivity index (χ0v) is 7.11. The van der Waals surface area contributed by atoms with E-state index in [4.69, 9.17) is 15.2 Å². The van der Waals surface area contributed by atoms with Crippen molar-refractivity contribution in [3.8, 4) is 0 Å². The van der Waals surface area contributed by atoms with Gasteiger partial charge in [-0.25, -0.2) is 0 Å². The second kappa shape index (κ2) is 3.56. The third kappa shape index (κ3) is 1.53. The molecule has 0 aromatic rings. The minimum Gasteiger partial charge on any atom is -0.380 e. The van der Waals surface area contributed by atoms with Crippen LogP contribution in [0.3, 0.4) is 0 Å². The molecule has 0 radical (unpaired) electrons. The molecule has 3 unspecified atom stereocenters. The lowest BCUT2D eigenvalue weighted by Gasteiger charge is -2.14. The van der Waals surface area contributed by atoms with Crippen molar-refractivity contribution in [1.82, 2.24) is 0 Å². The van der Waals surface area contributed by atoms with Crippen LogP contribution in [0.2, 0.25) is 0 Å². The molecule has 2 bridgehead atoms. The van der Waals surface area contributed by atoms with Crippen molar-refractivity contribution < 1.29 is 9.47 Å². The Balaban J connectivity index is 1.73. The summed E-state index contributed by atoms with van der Waals surface area (Å²) in [5.41, 5.74) is 5.32. The lowest BCUT2D eigenvalue weighted by molar-refractivity contribution is 0.0657. The van der Waals surface area contributed by atoms with E-state index in [2.05, 4.69) is 12.2 Å². The topological polar surface area (TPSA) is 44.5 Å². The molecular formula is C9H15NO2. The van der Waals surface area contributed by atoms with Gasteiger partial charge in [-0.1, -0.05) is 12.2 Å². The van der Waals surface area contributed by atoms with Gasteiger partial charge in [0.1, 0.15) is 0 Å². The van der Waals surface area contributed by atoms with Crippen molar-refractivity contribution in [2.75, 3.05) is 19.8 Å². The van der Waals surface area contributed by atoms with Gasteiger partial charge in [0.2, 0.25) is 0 Å². The van der Waals surface area contributed by atoms with E-state index < -0.39 is 0 Å². The van der Waals surface area contributed by atoms with Gasteiger partial charge in [0.05, 0.1) is 25.4 Å². The van der Waals surface area contributed by atoms with E-state index in [-0.39, 0.29) is 0 Å². The summed E-state index contributed by atoms with van der Waals surface area (Å²) in [4.78, 5) is 0. The average molecular weight is 169 g/mol. The second-order valence-corrected chi connectivity index (χ2v) is 3.38. The Morgan fingerprint density at radius 3 is 3.00 bits per heavy atom. The van der Waals surface area contributed by atoms with Crippen molar-refractivity contribution in [3.63, 3.8) is 0 Å². The van der Waals surface area contributed by atoms with Crippen LogP contribution in [0.4, 0.5) is 0 Å². The first-order valence-electron chi connectivity index (χ1n) is 4.52. The van der Waals surface area contributed by atoms with Gasteiger partial charge in [-0.05, 0) is 6.42 Å². The summed E-state index contributed by atoms with van der Waals surface area (Å²) >= 11 is 0. The number of hydrogen-bond acceptors (Lipinski definition) is 3. The molecule has 0 spiro atoms. The Hall–Kier alpha value is -0.380. The molecule has 2 aliphatic heterocycles. The number of hydrogen-bond donors (Lipinski definition) is 1. The molecule has 3 heteroatoms. The number of nitrogens with two attached hydrogens (primary N) is 1. The zero-order valence-electron chi connectivity index (χ0n) is 7.11. The Morgan fingerprint density at radius 2 is 2.42 bits per heavy atom. The van der Waals surface area contributed by atoms with Gasteiger partial charge in [-0.3, -0.25) is 0 Å². The molecule has 2 heterocycles. The SMILES string of the molecule is NCCOCC1CC2C=CC1O2. The van der Waals surface area contributed by atoms with E-state index in [1.165, 1.54) is 0 Å². The summed E-state index contributed by atoms with van der Waals surface area (Å²) in [5, 5.41) is 0. The largest absolute Gasteiger partial charge is 0.380 e. The van der Waals surface area contributed by atoms with Gasteiger partial charge in [0.25, 0.3) is 0 Å². The Kier molecular flexibility index (Phi) is 2.44. The average Bonchev–Trinajstić information content (AvgIpc) is 2.65.